The molecule has 0 amide bonds. The van der Waals surface area contributed by atoms with Gasteiger partial charge in [0.25, 0.3) is 0 Å². The molecule has 1 aliphatic heterocycles. The number of esters is 1. The van der Waals surface area contributed by atoms with Gasteiger partial charge in [0.1, 0.15) is 6.10 Å². The lowest BCUT2D eigenvalue weighted by atomic mass is 10.1. The Balaban J connectivity index is 2.67. The van der Waals surface area contributed by atoms with Crippen molar-refractivity contribution in [2.75, 3.05) is 0 Å². The molecule has 1 heterocycles. The lowest BCUT2D eigenvalue weighted by molar-refractivity contribution is -0.149. The van der Waals surface area contributed by atoms with Gasteiger partial charge in [-0.15, -0.1) is 0 Å². The summed E-state index contributed by atoms with van der Waals surface area (Å²) in [7, 11) is 0. The van der Waals surface area contributed by atoms with Gasteiger partial charge in [-0.3, -0.25) is 9.59 Å². The highest BCUT2D eigenvalue weighted by molar-refractivity contribution is 5.90. The maximum Gasteiger partial charge on any atom is 0.309 e. The number of hydrogen-bond donors (Lipinski definition) is 1. The fraction of sp³-hybridized carbons (Fsp3) is 0.500. The number of ether oxygens (including phenoxy) is 1. The molecule has 4 nitrogen and oxygen atoms in total. The molecule has 0 fully saturated rings. The number of allylic oxidation sites excluding steroid dienone is 2. The molecule has 0 radical (unpaired) electrons. The molecule has 4 heteroatoms. The highest BCUT2D eigenvalue weighted by Crippen LogP contribution is 2.06. The topological polar surface area (TPSA) is 63.6 Å². The molecule has 0 bridgehead atoms. The van der Waals surface area contributed by atoms with Crippen molar-refractivity contribution in [2.45, 2.75) is 38.4 Å². The van der Waals surface area contributed by atoms with Gasteiger partial charge >= 0.3 is 5.97 Å². The summed E-state index contributed by atoms with van der Waals surface area (Å²) in [6, 6.07) is 0. The first-order chi connectivity index (χ1) is 7.58. The first kappa shape index (κ1) is 12.6. The lowest BCUT2D eigenvalue weighted by Crippen LogP contribution is -2.19. The Labute approximate surface area is 94.6 Å². The molecule has 1 aliphatic rings. The smallest absolute Gasteiger partial charge is 0.309 e. The minimum absolute atomic E-state index is 0.0254. The molecule has 1 N–H and O–H groups in total. The fourth-order valence-corrected chi connectivity index (χ4v) is 1.36. The zero-order valence-electron chi connectivity index (χ0n) is 9.26. The van der Waals surface area contributed by atoms with Gasteiger partial charge in [0.2, 0.25) is 0 Å². The second-order valence-corrected chi connectivity index (χ2v) is 3.81. The van der Waals surface area contributed by atoms with Gasteiger partial charge in [-0.2, -0.15) is 0 Å². The summed E-state index contributed by atoms with van der Waals surface area (Å²) in [5.41, 5.74) is 0. The standard InChI is InChI=1S/C12H16O4/c1-9-4-2-5-10(13)6-3-7-11(14)8-12(15)16-9/h2-3,5,7,9,11,14H,4,6,8H2,1H3/b5-2+,7-3-/t9-,11+/m1/s1. The van der Waals surface area contributed by atoms with Crippen LogP contribution < -0.4 is 0 Å². The predicted octanol–water partition coefficient (Wildman–Crippen LogP) is 1.14. The van der Waals surface area contributed by atoms with E-state index in [1.807, 2.05) is 0 Å². The van der Waals surface area contributed by atoms with Gasteiger partial charge in [-0.25, -0.2) is 0 Å². The third-order valence-corrected chi connectivity index (χ3v) is 2.16. The maximum atomic E-state index is 11.3. The van der Waals surface area contributed by atoms with Crippen LogP contribution in [0.5, 0.6) is 0 Å². The summed E-state index contributed by atoms with van der Waals surface area (Å²) in [6.07, 6.45) is 5.72. The SMILES string of the molecule is C[C@@H]1C/C=C/C(=O)C/C=C\[C@H](O)CC(=O)O1. The van der Waals surface area contributed by atoms with Crippen LogP contribution in [0.4, 0.5) is 0 Å². The Kier molecular flexibility index (Phi) is 4.92. The van der Waals surface area contributed by atoms with Crippen LogP contribution >= 0.6 is 0 Å². The number of hydrogen-bond acceptors (Lipinski definition) is 4. The lowest BCUT2D eigenvalue weighted by Gasteiger charge is -2.12. The Morgan fingerprint density at radius 1 is 1.38 bits per heavy atom. The van der Waals surface area contributed by atoms with Crippen molar-refractivity contribution in [3.63, 3.8) is 0 Å². The van der Waals surface area contributed by atoms with Crippen LogP contribution in [0.3, 0.4) is 0 Å². The number of aliphatic hydroxyl groups excluding tert-OH is 1. The van der Waals surface area contributed by atoms with Crippen LogP contribution in [0.2, 0.25) is 0 Å². The monoisotopic (exact) mass is 224 g/mol. The van der Waals surface area contributed by atoms with E-state index < -0.39 is 12.1 Å². The molecular weight excluding hydrogens is 208 g/mol. The van der Waals surface area contributed by atoms with Crippen molar-refractivity contribution in [2.24, 2.45) is 0 Å². The summed E-state index contributed by atoms with van der Waals surface area (Å²) in [5.74, 6) is -0.451. The second-order valence-electron chi connectivity index (χ2n) is 3.81. The van der Waals surface area contributed by atoms with Crippen molar-refractivity contribution >= 4 is 11.8 Å². The molecule has 0 spiro atoms. The van der Waals surface area contributed by atoms with Crippen LogP contribution in [0, 0.1) is 0 Å². The minimum atomic E-state index is -0.879. The minimum Gasteiger partial charge on any atom is -0.462 e. The van der Waals surface area contributed by atoms with Crippen molar-refractivity contribution in [1.29, 1.82) is 0 Å². The fourth-order valence-electron chi connectivity index (χ4n) is 1.36. The zero-order valence-corrected chi connectivity index (χ0v) is 9.26. The largest absolute Gasteiger partial charge is 0.462 e. The third kappa shape index (κ3) is 4.89. The number of carbonyl (C=O) groups excluding carboxylic acids is 2. The van der Waals surface area contributed by atoms with E-state index in [-0.39, 0.29) is 24.7 Å². The summed E-state index contributed by atoms with van der Waals surface area (Å²) < 4.78 is 5.03. The van der Waals surface area contributed by atoms with Crippen molar-refractivity contribution < 1.29 is 19.4 Å². The van der Waals surface area contributed by atoms with Gasteiger partial charge in [0.05, 0.1) is 12.5 Å². The molecule has 0 aromatic carbocycles. The molecule has 0 aliphatic carbocycles. The highest BCUT2D eigenvalue weighted by atomic mass is 16.5. The molecule has 16 heavy (non-hydrogen) atoms. The molecule has 0 aromatic rings. The number of cyclic esters (lactones) is 1. The second kappa shape index (κ2) is 6.23. The van der Waals surface area contributed by atoms with Crippen molar-refractivity contribution in [3.05, 3.63) is 24.3 Å². The van der Waals surface area contributed by atoms with Crippen LogP contribution in [0.1, 0.15) is 26.2 Å². The quantitative estimate of drug-likeness (QED) is 0.495. The van der Waals surface area contributed by atoms with E-state index in [1.54, 1.807) is 19.1 Å². The van der Waals surface area contributed by atoms with E-state index in [9.17, 15) is 14.7 Å². The third-order valence-electron chi connectivity index (χ3n) is 2.16. The maximum absolute atomic E-state index is 11.3. The number of carbonyl (C=O) groups is 2. The van der Waals surface area contributed by atoms with E-state index in [4.69, 9.17) is 4.74 Å². The van der Waals surface area contributed by atoms with Gasteiger partial charge < -0.3 is 9.84 Å². The average molecular weight is 224 g/mol. The highest BCUT2D eigenvalue weighted by Gasteiger charge is 2.13. The molecule has 0 unspecified atom stereocenters. The number of rotatable bonds is 0. The van der Waals surface area contributed by atoms with E-state index >= 15 is 0 Å². The molecule has 0 saturated carbocycles. The molecule has 0 saturated heterocycles. The molecule has 2 atom stereocenters. The van der Waals surface area contributed by atoms with Crippen LogP contribution in [-0.4, -0.2) is 29.1 Å². The van der Waals surface area contributed by atoms with E-state index in [1.165, 1.54) is 12.2 Å². The first-order valence-electron chi connectivity index (χ1n) is 5.31. The average Bonchev–Trinajstić information content (AvgIpc) is 2.15. The van der Waals surface area contributed by atoms with Gasteiger partial charge in [0.15, 0.2) is 5.78 Å². The van der Waals surface area contributed by atoms with Gasteiger partial charge in [-0.1, -0.05) is 18.2 Å². The van der Waals surface area contributed by atoms with Crippen molar-refractivity contribution in [1.82, 2.24) is 0 Å². The number of ketones is 1. The Morgan fingerprint density at radius 3 is 2.88 bits per heavy atom. The Hall–Kier alpha value is -1.42. The molecule has 1 rings (SSSR count). The number of aliphatic hydroxyl groups is 1. The van der Waals surface area contributed by atoms with Crippen molar-refractivity contribution in [3.8, 4) is 0 Å². The van der Waals surface area contributed by atoms with Crippen LogP contribution in [-0.2, 0) is 14.3 Å². The summed E-state index contributed by atoms with van der Waals surface area (Å²) >= 11 is 0. The van der Waals surface area contributed by atoms with Gasteiger partial charge in [0, 0.05) is 12.8 Å². The zero-order chi connectivity index (χ0) is 12.0. The van der Waals surface area contributed by atoms with Crippen LogP contribution in [0.25, 0.3) is 0 Å². The van der Waals surface area contributed by atoms with E-state index in [0.717, 1.165) is 0 Å². The van der Waals surface area contributed by atoms with Crippen LogP contribution in [0.15, 0.2) is 24.3 Å². The summed E-state index contributed by atoms with van der Waals surface area (Å²) in [5, 5.41) is 9.42. The van der Waals surface area contributed by atoms with E-state index in [0.29, 0.717) is 6.42 Å². The first-order valence-corrected chi connectivity index (χ1v) is 5.31. The van der Waals surface area contributed by atoms with E-state index in [2.05, 4.69) is 0 Å². The summed E-state index contributed by atoms with van der Waals surface area (Å²) in [4.78, 5) is 22.5. The molecular formula is C12H16O4. The molecule has 88 valence electrons. The predicted molar refractivity (Wildman–Crippen MR) is 58.7 cm³/mol. The molecule has 0 aromatic heterocycles. The Morgan fingerprint density at radius 2 is 2.12 bits per heavy atom. The summed E-state index contributed by atoms with van der Waals surface area (Å²) in [6.45, 7) is 1.75. The Bertz CT molecular complexity index is 317. The normalized spacial score (nSPS) is 32.1. The van der Waals surface area contributed by atoms with Gasteiger partial charge in [-0.05, 0) is 13.0 Å².